The van der Waals surface area contributed by atoms with Crippen molar-refractivity contribution in [1.29, 1.82) is 0 Å². The smallest absolute Gasteiger partial charge is 0.387 e. The first kappa shape index (κ1) is 19.6. The molecule has 0 fully saturated rings. The molecular weight excluding hydrogens is 302 g/mol. The number of carbonyl (C=O) groups excluding carboxylic acids is 1. The van der Waals surface area contributed by atoms with Gasteiger partial charge in [0.15, 0.2) is 0 Å². The van der Waals surface area contributed by atoms with Crippen LogP contribution in [0.3, 0.4) is 0 Å². The lowest BCUT2D eigenvalue weighted by molar-refractivity contribution is -0.123. The zero-order valence-electron chi connectivity index (χ0n) is 12.0. The zero-order chi connectivity index (χ0) is 15.1. The molecular formula is C14H21ClF2N2O2. The van der Waals surface area contributed by atoms with Gasteiger partial charge in [-0.15, -0.1) is 12.4 Å². The first-order valence-electron chi connectivity index (χ1n) is 6.51. The number of nitrogens with two attached hydrogens (primary N) is 1. The summed E-state index contributed by atoms with van der Waals surface area (Å²) in [5.74, 6) is -0.0963. The minimum absolute atomic E-state index is 0. The van der Waals surface area contributed by atoms with E-state index in [1.807, 2.05) is 13.8 Å². The van der Waals surface area contributed by atoms with Gasteiger partial charge in [-0.1, -0.05) is 32.4 Å². The number of alkyl halides is 2. The molecule has 0 aromatic heterocycles. The van der Waals surface area contributed by atoms with Crippen molar-refractivity contribution in [2.45, 2.75) is 39.5 Å². The highest BCUT2D eigenvalue weighted by Crippen LogP contribution is 2.16. The second kappa shape index (κ2) is 9.52. The fourth-order valence-electron chi connectivity index (χ4n) is 1.65. The molecule has 1 rings (SSSR count). The van der Waals surface area contributed by atoms with Gasteiger partial charge in [-0.25, -0.2) is 0 Å². The molecule has 0 aliphatic heterocycles. The maximum Gasteiger partial charge on any atom is 0.387 e. The normalized spacial score (nSPS) is 13.2. The molecule has 1 aromatic carbocycles. The number of hydrogen-bond acceptors (Lipinski definition) is 3. The van der Waals surface area contributed by atoms with Gasteiger partial charge in [0.05, 0.1) is 6.04 Å². The number of halogens is 3. The van der Waals surface area contributed by atoms with Gasteiger partial charge in [-0.3, -0.25) is 4.79 Å². The van der Waals surface area contributed by atoms with E-state index in [-0.39, 0.29) is 36.5 Å². The Bertz CT molecular complexity index is 447. The van der Waals surface area contributed by atoms with Crippen LogP contribution in [-0.4, -0.2) is 18.6 Å². The van der Waals surface area contributed by atoms with Gasteiger partial charge in [-0.05, 0) is 23.6 Å². The lowest BCUT2D eigenvalue weighted by Crippen LogP contribution is -2.44. The quantitative estimate of drug-likeness (QED) is 0.811. The van der Waals surface area contributed by atoms with Crippen molar-refractivity contribution < 1.29 is 18.3 Å². The summed E-state index contributed by atoms with van der Waals surface area (Å²) in [4.78, 5) is 11.8. The third-order valence-corrected chi connectivity index (χ3v) is 3.15. The summed E-state index contributed by atoms with van der Waals surface area (Å²) in [7, 11) is 0. The minimum atomic E-state index is -2.86. The van der Waals surface area contributed by atoms with Crippen molar-refractivity contribution in [1.82, 2.24) is 5.32 Å². The highest BCUT2D eigenvalue weighted by Gasteiger charge is 2.18. The van der Waals surface area contributed by atoms with Crippen LogP contribution in [-0.2, 0) is 11.3 Å². The monoisotopic (exact) mass is 322 g/mol. The third-order valence-electron chi connectivity index (χ3n) is 3.15. The standard InChI is InChI=1S/C14H20F2N2O2.ClH/c1-3-9(2)12(17)13(19)18-8-10-5-4-6-11(7-10)20-14(15)16;/h4-7,9,12,14H,3,8,17H2,1-2H3,(H,18,19);1H. The van der Waals surface area contributed by atoms with Crippen LogP contribution in [0.1, 0.15) is 25.8 Å². The van der Waals surface area contributed by atoms with Crippen LogP contribution < -0.4 is 15.8 Å². The van der Waals surface area contributed by atoms with E-state index < -0.39 is 12.7 Å². The Hall–Kier alpha value is -1.40. The third kappa shape index (κ3) is 6.73. The summed E-state index contributed by atoms with van der Waals surface area (Å²) in [5.41, 5.74) is 6.47. The van der Waals surface area contributed by atoms with Crippen LogP contribution >= 0.6 is 12.4 Å². The fraction of sp³-hybridized carbons (Fsp3) is 0.500. The van der Waals surface area contributed by atoms with Crippen LogP contribution in [0.4, 0.5) is 8.78 Å². The van der Waals surface area contributed by atoms with Crippen LogP contribution in [0.5, 0.6) is 5.75 Å². The number of benzene rings is 1. The molecule has 21 heavy (non-hydrogen) atoms. The lowest BCUT2D eigenvalue weighted by Gasteiger charge is -2.17. The fourth-order valence-corrected chi connectivity index (χ4v) is 1.65. The van der Waals surface area contributed by atoms with E-state index in [1.165, 1.54) is 12.1 Å². The van der Waals surface area contributed by atoms with Gasteiger partial charge >= 0.3 is 6.61 Å². The first-order chi connectivity index (χ1) is 9.43. The lowest BCUT2D eigenvalue weighted by atomic mass is 9.99. The van der Waals surface area contributed by atoms with Crippen LogP contribution in [0, 0.1) is 5.92 Å². The number of rotatable bonds is 7. The van der Waals surface area contributed by atoms with Crippen molar-refractivity contribution in [3.05, 3.63) is 29.8 Å². The van der Waals surface area contributed by atoms with E-state index in [0.717, 1.165) is 6.42 Å². The molecule has 0 aliphatic rings. The molecule has 0 spiro atoms. The average Bonchev–Trinajstić information content (AvgIpc) is 2.42. The van der Waals surface area contributed by atoms with Gasteiger partial charge in [0, 0.05) is 6.54 Å². The van der Waals surface area contributed by atoms with E-state index in [2.05, 4.69) is 10.1 Å². The summed E-state index contributed by atoms with van der Waals surface area (Å²) in [5, 5.41) is 2.69. The van der Waals surface area contributed by atoms with Crippen molar-refractivity contribution in [3.63, 3.8) is 0 Å². The molecule has 3 N–H and O–H groups in total. The largest absolute Gasteiger partial charge is 0.435 e. The van der Waals surface area contributed by atoms with Crippen molar-refractivity contribution >= 4 is 18.3 Å². The van der Waals surface area contributed by atoms with E-state index in [0.29, 0.717) is 5.56 Å². The van der Waals surface area contributed by atoms with Gasteiger partial charge in [0.25, 0.3) is 0 Å². The SMILES string of the molecule is CCC(C)C(N)C(=O)NCc1cccc(OC(F)F)c1.Cl. The van der Waals surface area contributed by atoms with Gasteiger partial charge in [0.1, 0.15) is 5.75 Å². The Morgan fingerprint density at radius 1 is 1.43 bits per heavy atom. The first-order valence-corrected chi connectivity index (χ1v) is 6.51. The molecule has 0 aliphatic carbocycles. The Morgan fingerprint density at radius 3 is 2.67 bits per heavy atom. The number of nitrogens with one attached hydrogen (secondary N) is 1. The number of carbonyl (C=O) groups is 1. The maximum absolute atomic E-state index is 12.1. The highest BCUT2D eigenvalue weighted by atomic mass is 35.5. The molecule has 1 amide bonds. The van der Waals surface area contributed by atoms with E-state index in [1.54, 1.807) is 12.1 Å². The molecule has 2 atom stereocenters. The number of hydrogen-bond donors (Lipinski definition) is 2. The van der Waals surface area contributed by atoms with Crippen LogP contribution in [0.15, 0.2) is 24.3 Å². The molecule has 1 aromatic rings. The molecule has 0 heterocycles. The maximum atomic E-state index is 12.1. The Balaban J connectivity index is 0.00000400. The molecule has 0 saturated heterocycles. The second-order valence-corrected chi connectivity index (χ2v) is 4.66. The number of ether oxygens (including phenoxy) is 1. The summed E-state index contributed by atoms with van der Waals surface area (Å²) in [6, 6.07) is 5.63. The predicted molar refractivity (Wildman–Crippen MR) is 79.6 cm³/mol. The zero-order valence-corrected chi connectivity index (χ0v) is 12.8. The van der Waals surface area contributed by atoms with E-state index in [9.17, 15) is 13.6 Å². The summed E-state index contributed by atoms with van der Waals surface area (Å²) < 4.78 is 28.5. The van der Waals surface area contributed by atoms with Crippen molar-refractivity contribution in [2.75, 3.05) is 0 Å². The topological polar surface area (TPSA) is 64.4 Å². The summed E-state index contributed by atoms with van der Waals surface area (Å²) in [6.45, 7) is 1.23. The van der Waals surface area contributed by atoms with E-state index in [4.69, 9.17) is 5.73 Å². The Kier molecular flexibility index (Phi) is 8.89. The average molecular weight is 323 g/mol. The van der Waals surface area contributed by atoms with Crippen molar-refractivity contribution in [2.24, 2.45) is 11.7 Å². The molecule has 120 valence electrons. The summed E-state index contributed by atoms with van der Waals surface area (Å²) >= 11 is 0. The molecule has 0 bridgehead atoms. The summed E-state index contributed by atoms with van der Waals surface area (Å²) in [6.07, 6.45) is 0.812. The van der Waals surface area contributed by atoms with Gasteiger partial charge < -0.3 is 15.8 Å². The van der Waals surface area contributed by atoms with Crippen LogP contribution in [0.2, 0.25) is 0 Å². The minimum Gasteiger partial charge on any atom is -0.435 e. The Morgan fingerprint density at radius 2 is 2.10 bits per heavy atom. The van der Waals surface area contributed by atoms with Gasteiger partial charge in [-0.2, -0.15) is 8.78 Å². The molecule has 0 saturated carbocycles. The molecule has 7 heteroatoms. The van der Waals surface area contributed by atoms with Gasteiger partial charge in [0.2, 0.25) is 5.91 Å². The van der Waals surface area contributed by atoms with E-state index >= 15 is 0 Å². The molecule has 2 unspecified atom stereocenters. The number of amides is 1. The highest BCUT2D eigenvalue weighted by molar-refractivity contribution is 5.85. The predicted octanol–water partition coefficient (Wildman–Crippen LogP) is 2.70. The second-order valence-electron chi connectivity index (χ2n) is 4.66. The van der Waals surface area contributed by atoms with Crippen LogP contribution in [0.25, 0.3) is 0 Å². The molecule has 4 nitrogen and oxygen atoms in total. The Labute approximate surface area is 129 Å². The van der Waals surface area contributed by atoms with Crippen molar-refractivity contribution in [3.8, 4) is 5.75 Å². The molecule has 0 radical (unpaired) electrons.